The maximum Gasteiger partial charge on any atom is 0.255 e. The Kier molecular flexibility index (Phi) is 4.13. The van der Waals surface area contributed by atoms with Crippen LogP contribution in [0.1, 0.15) is 47.2 Å². The molecular weight excluding hydrogens is 318 g/mol. The molecule has 0 saturated carbocycles. The predicted molar refractivity (Wildman–Crippen MR) is 92.6 cm³/mol. The Balaban J connectivity index is 1.58. The van der Waals surface area contributed by atoms with Gasteiger partial charge in [-0.2, -0.15) is 0 Å². The van der Waals surface area contributed by atoms with Crippen LogP contribution in [0.3, 0.4) is 0 Å². The van der Waals surface area contributed by atoms with Gasteiger partial charge in [-0.1, -0.05) is 12.1 Å². The molecule has 4 rings (SSSR count). The molecule has 1 aromatic carbocycles. The van der Waals surface area contributed by atoms with E-state index >= 15 is 0 Å². The number of piperidine rings is 1. The van der Waals surface area contributed by atoms with E-state index in [1.54, 1.807) is 4.90 Å². The molecule has 1 unspecified atom stereocenters. The minimum Gasteiger partial charge on any atom is -0.322 e. The first-order valence-electron chi connectivity index (χ1n) is 8.81. The molecular formula is C19H21N3O3. The lowest BCUT2D eigenvalue weighted by atomic mass is 9.98. The Morgan fingerprint density at radius 1 is 1.08 bits per heavy atom. The first-order chi connectivity index (χ1) is 12.1. The molecule has 1 atom stereocenters. The van der Waals surface area contributed by atoms with Crippen LogP contribution in [-0.4, -0.2) is 41.8 Å². The zero-order chi connectivity index (χ0) is 17.4. The van der Waals surface area contributed by atoms with E-state index in [1.807, 2.05) is 12.1 Å². The SMILES string of the molecule is O=C1CCC(N2Cc3cc(C4=CCCNCC4)ccc3C2=O)C(=O)N1. The molecule has 0 bridgehead atoms. The summed E-state index contributed by atoms with van der Waals surface area (Å²) in [4.78, 5) is 37.7. The molecule has 1 fully saturated rings. The normalized spacial score (nSPS) is 23.8. The van der Waals surface area contributed by atoms with E-state index in [0.717, 1.165) is 37.1 Å². The number of benzene rings is 1. The lowest BCUT2D eigenvalue weighted by molar-refractivity contribution is -0.136. The second-order valence-corrected chi connectivity index (χ2v) is 6.79. The van der Waals surface area contributed by atoms with Gasteiger partial charge in [0.15, 0.2) is 0 Å². The maximum atomic E-state index is 12.7. The third-order valence-corrected chi connectivity index (χ3v) is 5.18. The standard InChI is InChI=1S/C19H21N3O3/c23-17-6-5-16(18(24)21-17)22-11-14-10-13(3-4-15(14)19(22)25)12-2-1-8-20-9-7-12/h2-4,10,16,20H,1,5-9,11H2,(H,21,23,24). The number of hydrogen-bond donors (Lipinski definition) is 2. The summed E-state index contributed by atoms with van der Waals surface area (Å²) in [6.07, 6.45) is 4.92. The Morgan fingerprint density at radius 2 is 1.96 bits per heavy atom. The van der Waals surface area contributed by atoms with Crippen molar-refractivity contribution in [3.8, 4) is 0 Å². The third-order valence-electron chi connectivity index (χ3n) is 5.18. The molecule has 0 spiro atoms. The lowest BCUT2D eigenvalue weighted by Crippen LogP contribution is -2.52. The van der Waals surface area contributed by atoms with Crippen LogP contribution >= 0.6 is 0 Å². The summed E-state index contributed by atoms with van der Waals surface area (Å²) in [5.41, 5.74) is 4.09. The highest BCUT2D eigenvalue weighted by Crippen LogP contribution is 2.30. The van der Waals surface area contributed by atoms with Crippen molar-refractivity contribution in [3.05, 3.63) is 41.0 Å². The maximum absolute atomic E-state index is 12.7. The van der Waals surface area contributed by atoms with Crippen LogP contribution in [0.5, 0.6) is 0 Å². The highest BCUT2D eigenvalue weighted by atomic mass is 16.2. The summed E-state index contributed by atoms with van der Waals surface area (Å²) in [6, 6.07) is 5.40. The molecule has 6 nitrogen and oxygen atoms in total. The van der Waals surface area contributed by atoms with Crippen LogP contribution in [0.2, 0.25) is 0 Å². The summed E-state index contributed by atoms with van der Waals surface area (Å²) >= 11 is 0. The molecule has 2 N–H and O–H groups in total. The molecule has 0 radical (unpaired) electrons. The fraction of sp³-hybridized carbons (Fsp3) is 0.421. The highest BCUT2D eigenvalue weighted by Gasteiger charge is 2.39. The van der Waals surface area contributed by atoms with Gasteiger partial charge in [-0.3, -0.25) is 19.7 Å². The van der Waals surface area contributed by atoms with Crippen molar-refractivity contribution in [3.63, 3.8) is 0 Å². The van der Waals surface area contributed by atoms with E-state index < -0.39 is 6.04 Å². The smallest absolute Gasteiger partial charge is 0.255 e. The van der Waals surface area contributed by atoms with Crippen molar-refractivity contribution in [1.82, 2.24) is 15.5 Å². The van der Waals surface area contributed by atoms with Gasteiger partial charge in [0.2, 0.25) is 11.8 Å². The number of nitrogens with one attached hydrogen (secondary N) is 2. The first-order valence-corrected chi connectivity index (χ1v) is 8.81. The second-order valence-electron chi connectivity index (χ2n) is 6.79. The highest BCUT2D eigenvalue weighted by molar-refractivity contribution is 6.05. The zero-order valence-electron chi connectivity index (χ0n) is 14.0. The number of carbonyl (C=O) groups is 3. The van der Waals surface area contributed by atoms with Gasteiger partial charge in [0.1, 0.15) is 6.04 Å². The molecule has 3 amide bonds. The van der Waals surface area contributed by atoms with Gasteiger partial charge < -0.3 is 10.2 Å². The lowest BCUT2D eigenvalue weighted by Gasteiger charge is -2.29. The summed E-state index contributed by atoms with van der Waals surface area (Å²) in [7, 11) is 0. The molecule has 25 heavy (non-hydrogen) atoms. The van der Waals surface area contributed by atoms with E-state index in [9.17, 15) is 14.4 Å². The van der Waals surface area contributed by atoms with E-state index in [2.05, 4.69) is 22.8 Å². The Hall–Kier alpha value is -2.47. The number of nitrogens with zero attached hydrogens (tertiary/aromatic N) is 1. The van der Waals surface area contributed by atoms with Gasteiger partial charge in [-0.25, -0.2) is 0 Å². The molecule has 1 saturated heterocycles. The van der Waals surface area contributed by atoms with Crippen molar-refractivity contribution in [2.75, 3.05) is 13.1 Å². The molecule has 0 aromatic heterocycles. The van der Waals surface area contributed by atoms with Crippen LogP contribution in [-0.2, 0) is 16.1 Å². The summed E-state index contributed by atoms with van der Waals surface area (Å²) < 4.78 is 0. The van der Waals surface area contributed by atoms with Gasteiger partial charge in [0.25, 0.3) is 5.91 Å². The van der Waals surface area contributed by atoms with E-state index in [4.69, 9.17) is 0 Å². The van der Waals surface area contributed by atoms with Gasteiger partial charge in [-0.05, 0) is 61.2 Å². The van der Waals surface area contributed by atoms with Gasteiger partial charge >= 0.3 is 0 Å². The predicted octanol–water partition coefficient (Wildman–Crippen LogP) is 1.21. The molecule has 3 aliphatic heterocycles. The van der Waals surface area contributed by atoms with E-state index in [1.165, 1.54) is 5.57 Å². The van der Waals surface area contributed by atoms with Crippen LogP contribution in [0, 0.1) is 0 Å². The Bertz CT molecular complexity index is 784. The quantitative estimate of drug-likeness (QED) is 0.794. The van der Waals surface area contributed by atoms with E-state index in [0.29, 0.717) is 18.5 Å². The fourth-order valence-corrected chi connectivity index (χ4v) is 3.83. The molecule has 0 aliphatic carbocycles. The molecule has 130 valence electrons. The zero-order valence-corrected chi connectivity index (χ0v) is 14.0. The van der Waals surface area contributed by atoms with Crippen LogP contribution in [0.4, 0.5) is 0 Å². The third kappa shape index (κ3) is 2.98. The van der Waals surface area contributed by atoms with Crippen molar-refractivity contribution in [2.45, 2.75) is 38.3 Å². The first kappa shape index (κ1) is 16.0. The van der Waals surface area contributed by atoms with Crippen molar-refractivity contribution in [2.24, 2.45) is 0 Å². The molecule has 6 heteroatoms. The number of hydrogen-bond acceptors (Lipinski definition) is 4. The van der Waals surface area contributed by atoms with Gasteiger partial charge in [0.05, 0.1) is 0 Å². The Morgan fingerprint density at radius 3 is 2.80 bits per heavy atom. The number of amides is 3. The fourth-order valence-electron chi connectivity index (χ4n) is 3.83. The average molecular weight is 339 g/mol. The van der Waals surface area contributed by atoms with Gasteiger partial charge in [0, 0.05) is 18.5 Å². The van der Waals surface area contributed by atoms with Crippen molar-refractivity contribution in [1.29, 1.82) is 0 Å². The second kappa shape index (κ2) is 6.44. The number of rotatable bonds is 2. The van der Waals surface area contributed by atoms with Crippen LogP contribution in [0.25, 0.3) is 5.57 Å². The van der Waals surface area contributed by atoms with Crippen LogP contribution < -0.4 is 10.6 Å². The Labute approximate surface area is 146 Å². The minimum atomic E-state index is -0.553. The largest absolute Gasteiger partial charge is 0.322 e. The van der Waals surface area contributed by atoms with Crippen molar-refractivity contribution >= 4 is 23.3 Å². The molecule has 1 aromatic rings. The minimum absolute atomic E-state index is 0.118. The summed E-state index contributed by atoms with van der Waals surface area (Å²) in [5, 5.41) is 5.71. The van der Waals surface area contributed by atoms with Crippen LogP contribution in [0.15, 0.2) is 24.3 Å². The number of fused-ring (bicyclic) bond motifs is 1. The topological polar surface area (TPSA) is 78.5 Å². The summed E-state index contributed by atoms with van der Waals surface area (Å²) in [6.45, 7) is 2.39. The molecule has 3 aliphatic rings. The van der Waals surface area contributed by atoms with E-state index in [-0.39, 0.29) is 24.1 Å². The summed E-state index contributed by atoms with van der Waals surface area (Å²) in [5.74, 6) is -0.746. The average Bonchev–Trinajstić information content (AvgIpc) is 2.78. The molecule has 3 heterocycles. The monoisotopic (exact) mass is 339 g/mol. The number of imide groups is 1. The van der Waals surface area contributed by atoms with Crippen molar-refractivity contribution < 1.29 is 14.4 Å². The number of carbonyl (C=O) groups excluding carboxylic acids is 3. The van der Waals surface area contributed by atoms with Gasteiger partial charge in [-0.15, -0.1) is 0 Å².